The molecule has 1 fully saturated rings. The van der Waals surface area contributed by atoms with Gasteiger partial charge in [0.2, 0.25) is 5.91 Å². The van der Waals surface area contributed by atoms with Gasteiger partial charge in [-0.1, -0.05) is 6.42 Å². The smallest absolute Gasteiger partial charge is 0.251 e. The van der Waals surface area contributed by atoms with Crippen molar-refractivity contribution >= 4 is 17.5 Å². The quantitative estimate of drug-likeness (QED) is 0.808. The fourth-order valence-corrected chi connectivity index (χ4v) is 3.68. The molecule has 0 radical (unpaired) electrons. The van der Waals surface area contributed by atoms with Gasteiger partial charge in [-0.2, -0.15) is 0 Å². The van der Waals surface area contributed by atoms with E-state index in [-0.39, 0.29) is 18.4 Å². The molecule has 1 saturated carbocycles. The van der Waals surface area contributed by atoms with Crippen LogP contribution in [0.4, 0.5) is 5.69 Å². The Labute approximate surface area is 169 Å². The lowest BCUT2D eigenvalue weighted by Crippen LogP contribution is -2.40. The Morgan fingerprint density at radius 2 is 1.72 bits per heavy atom. The molecule has 2 N–H and O–H groups in total. The van der Waals surface area contributed by atoms with Crippen LogP contribution in [0, 0.1) is 0 Å². The molecule has 1 aliphatic heterocycles. The van der Waals surface area contributed by atoms with Crippen molar-refractivity contribution in [2.24, 2.45) is 0 Å². The van der Waals surface area contributed by atoms with Crippen LogP contribution in [0.3, 0.4) is 0 Å². The molecule has 2 amide bonds. The Hall–Kier alpha value is -3.22. The second kappa shape index (κ2) is 8.03. The molecule has 0 saturated heterocycles. The van der Waals surface area contributed by atoms with Crippen LogP contribution in [0.2, 0.25) is 0 Å². The minimum Gasteiger partial charge on any atom is -0.497 e. The maximum atomic E-state index is 12.2. The summed E-state index contributed by atoms with van der Waals surface area (Å²) in [5.41, 5.74) is 1.06. The Kier molecular flexibility index (Phi) is 5.29. The van der Waals surface area contributed by atoms with Crippen LogP contribution in [-0.4, -0.2) is 31.3 Å². The number of hydrogen-bond donors (Lipinski definition) is 2. The van der Waals surface area contributed by atoms with Gasteiger partial charge in [0.25, 0.3) is 11.7 Å². The van der Waals surface area contributed by atoms with Crippen molar-refractivity contribution in [3.63, 3.8) is 0 Å². The fraction of sp³-hybridized carbons (Fsp3) is 0.364. The van der Waals surface area contributed by atoms with Crippen molar-refractivity contribution in [2.75, 3.05) is 19.0 Å². The van der Waals surface area contributed by atoms with Gasteiger partial charge >= 0.3 is 0 Å². The third-order valence-electron chi connectivity index (χ3n) is 5.20. The summed E-state index contributed by atoms with van der Waals surface area (Å²) in [4.78, 5) is 24.4. The predicted octanol–water partition coefficient (Wildman–Crippen LogP) is 3.50. The molecule has 0 unspecified atom stereocenters. The van der Waals surface area contributed by atoms with Crippen LogP contribution in [0.15, 0.2) is 42.5 Å². The summed E-state index contributed by atoms with van der Waals surface area (Å²) >= 11 is 0. The Morgan fingerprint density at radius 1 is 1.00 bits per heavy atom. The lowest BCUT2D eigenvalue weighted by molar-refractivity contribution is -0.115. The van der Waals surface area contributed by atoms with E-state index in [1.54, 1.807) is 43.5 Å². The molecule has 7 heteroatoms. The summed E-state index contributed by atoms with van der Waals surface area (Å²) in [5.74, 6) is 0.822. The van der Waals surface area contributed by atoms with Gasteiger partial charge in [-0.3, -0.25) is 9.59 Å². The zero-order chi connectivity index (χ0) is 20.3. The predicted molar refractivity (Wildman–Crippen MR) is 107 cm³/mol. The zero-order valence-corrected chi connectivity index (χ0v) is 16.3. The highest BCUT2D eigenvalue weighted by Gasteiger charge is 2.42. The lowest BCUT2D eigenvalue weighted by atomic mass is 9.94. The summed E-state index contributed by atoms with van der Waals surface area (Å²) in [6, 6.07) is 12.0. The third kappa shape index (κ3) is 4.29. The number of nitrogens with one attached hydrogen (secondary N) is 2. The van der Waals surface area contributed by atoms with E-state index in [1.807, 2.05) is 6.07 Å². The van der Waals surface area contributed by atoms with Gasteiger partial charge < -0.3 is 24.8 Å². The van der Waals surface area contributed by atoms with Crippen molar-refractivity contribution < 1.29 is 23.8 Å². The number of anilines is 1. The highest BCUT2D eigenvalue weighted by Crippen LogP contribution is 2.46. The molecule has 1 spiro atoms. The van der Waals surface area contributed by atoms with E-state index in [1.165, 1.54) is 6.42 Å². The summed E-state index contributed by atoms with van der Waals surface area (Å²) in [7, 11) is 1.56. The summed E-state index contributed by atoms with van der Waals surface area (Å²) in [6.07, 6.45) is 5.13. The Morgan fingerprint density at radius 3 is 2.45 bits per heavy atom. The first-order valence-electron chi connectivity index (χ1n) is 9.81. The van der Waals surface area contributed by atoms with E-state index in [9.17, 15) is 9.59 Å². The summed E-state index contributed by atoms with van der Waals surface area (Å²) in [5, 5.41) is 5.39. The van der Waals surface area contributed by atoms with Crippen LogP contribution in [0.25, 0.3) is 0 Å². The first-order chi connectivity index (χ1) is 14.1. The molecular weight excluding hydrogens is 372 g/mol. The normalized spacial score (nSPS) is 16.3. The van der Waals surface area contributed by atoms with Gasteiger partial charge in [0.1, 0.15) is 5.75 Å². The van der Waals surface area contributed by atoms with Crippen molar-refractivity contribution in [2.45, 2.75) is 37.9 Å². The molecule has 0 aromatic heterocycles. The van der Waals surface area contributed by atoms with Gasteiger partial charge in [-0.15, -0.1) is 0 Å². The number of methoxy groups -OCH3 is 1. The second-order valence-corrected chi connectivity index (χ2v) is 7.30. The van der Waals surface area contributed by atoms with Crippen molar-refractivity contribution in [3.05, 3.63) is 48.0 Å². The van der Waals surface area contributed by atoms with Gasteiger partial charge in [0, 0.05) is 30.2 Å². The van der Waals surface area contributed by atoms with Crippen LogP contribution in [0.5, 0.6) is 17.2 Å². The molecule has 29 heavy (non-hydrogen) atoms. The average Bonchev–Trinajstić information content (AvgIpc) is 3.09. The highest BCUT2D eigenvalue weighted by molar-refractivity contribution is 5.99. The molecule has 0 atom stereocenters. The molecule has 2 aromatic carbocycles. The standard InChI is InChI=1S/C22H24N2O5/c1-27-17-8-5-15(6-9-17)21(26)23-14-20(25)24-16-7-10-18-19(13-16)29-22(28-18)11-3-2-4-12-22/h5-10,13H,2-4,11-12,14H2,1H3,(H,23,26)(H,24,25). The third-order valence-corrected chi connectivity index (χ3v) is 5.20. The van der Waals surface area contributed by atoms with E-state index in [0.717, 1.165) is 25.7 Å². The Bertz CT molecular complexity index is 904. The molecule has 152 valence electrons. The van der Waals surface area contributed by atoms with E-state index in [0.29, 0.717) is 28.5 Å². The molecule has 4 rings (SSSR count). The first-order valence-corrected chi connectivity index (χ1v) is 9.81. The number of rotatable bonds is 5. The zero-order valence-electron chi connectivity index (χ0n) is 16.3. The molecule has 2 aromatic rings. The fourth-order valence-electron chi connectivity index (χ4n) is 3.68. The second-order valence-electron chi connectivity index (χ2n) is 7.30. The first kappa shape index (κ1) is 19.1. The number of benzene rings is 2. The van der Waals surface area contributed by atoms with Gasteiger partial charge in [0.05, 0.1) is 13.7 Å². The van der Waals surface area contributed by atoms with Crippen molar-refractivity contribution in [1.29, 1.82) is 0 Å². The molecule has 1 aliphatic carbocycles. The minimum absolute atomic E-state index is 0.136. The highest BCUT2D eigenvalue weighted by atomic mass is 16.7. The van der Waals surface area contributed by atoms with Gasteiger partial charge in [-0.05, 0) is 49.2 Å². The Balaban J connectivity index is 1.31. The lowest BCUT2D eigenvalue weighted by Gasteiger charge is -2.31. The van der Waals surface area contributed by atoms with Crippen molar-refractivity contribution in [3.8, 4) is 17.2 Å². The summed E-state index contributed by atoms with van der Waals surface area (Å²) in [6.45, 7) is -0.136. The average molecular weight is 396 g/mol. The minimum atomic E-state index is -0.546. The maximum absolute atomic E-state index is 12.2. The van der Waals surface area contributed by atoms with E-state index < -0.39 is 5.79 Å². The topological polar surface area (TPSA) is 85.9 Å². The SMILES string of the molecule is COc1ccc(C(=O)NCC(=O)Nc2ccc3c(c2)OC2(CCCCC2)O3)cc1. The van der Waals surface area contributed by atoms with Crippen molar-refractivity contribution in [1.82, 2.24) is 5.32 Å². The summed E-state index contributed by atoms with van der Waals surface area (Å²) < 4.78 is 17.2. The van der Waals surface area contributed by atoms with Crippen LogP contribution < -0.4 is 24.8 Å². The number of carbonyl (C=O) groups is 2. The van der Waals surface area contributed by atoms with Crippen LogP contribution >= 0.6 is 0 Å². The number of amides is 2. The maximum Gasteiger partial charge on any atom is 0.251 e. The van der Waals surface area contributed by atoms with E-state index >= 15 is 0 Å². The van der Waals surface area contributed by atoms with Crippen LogP contribution in [-0.2, 0) is 4.79 Å². The number of fused-ring (bicyclic) bond motifs is 1. The van der Waals surface area contributed by atoms with Gasteiger partial charge in [0.15, 0.2) is 11.5 Å². The number of carbonyl (C=O) groups excluding carboxylic acids is 2. The molecular formula is C22H24N2O5. The molecule has 7 nitrogen and oxygen atoms in total. The number of ether oxygens (including phenoxy) is 3. The molecule has 0 bridgehead atoms. The monoisotopic (exact) mass is 396 g/mol. The number of hydrogen-bond acceptors (Lipinski definition) is 5. The van der Waals surface area contributed by atoms with Gasteiger partial charge in [-0.25, -0.2) is 0 Å². The van der Waals surface area contributed by atoms with E-state index in [2.05, 4.69) is 10.6 Å². The molecule has 2 aliphatic rings. The largest absolute Gasteiger partial charge is 0.497 e. The van der Waals surface area contributed by atoms with Crippen LogP contribution in [0.1, 0.15) is 42.5 Å². The molecule has 1 heterocycles. The van der Waals surface area contributed by atoms with E-state index in [4.69, 9.17) is 14.2 Å².